The van der Waals surface area contributed by atoms with Crippen LogP contribution in [0, 0.1) is 0 Å². The van der Waals surface area contributed by atoms with Crippen LogP contribution in [0.1, 0.15) is 5.56 Å². The maximum absolute atomic E-state index is 9.21. The molecule has 3 rings (SSSR count). The Bertz CT molecular complexity index is 765. The van der Waals surface area contributed by atoms with Gasteiger partial charge < -0.3 is 5.21 Å². The van der Waals surface area contributed by atoms with Crippen LogP contribution < -0.4 is 0 Å². The Morgan fingerprint density at radius 2 is 1.68 bits per heavy atom. The molecule has 22 heavy (non-hydrogen) atoms. The largest absolute Gasteiger partial charge is 0.411 e. The van der Waals surface area contributed by atoms with E-state index in [1.54, 1.807) is 11.0 Å². The van der Waals surface area contributed by atoms with Gasteiger partial charge in [0.2, 0.25) is 0 Å². The van der Waals surface area contributed by atoms with E-state index in [0.717, 1.165) is 16.7 Å². The molecule has 0 bridgehead atoms. The molecule has 0 amide bonds. The van der Waals surface area contributed by atoms with Gasteiger partial charge in [0.05, 0.1) is 6.54 Å². The average Bonchev–Trinajstić information content (AvgIpc) is 3.07. The molecular formula is C16H13ClN4O. The molecule has 1 N–H and O–H groups in total. The first-order valence-corrected chi connectivity index (χ1v) is 7.04. The van der Waals surface area contributed by atoms with E-state index in [-0.39, 0.29) is 0 Å². The van der Waals surface area contributed by atoms with Gasteiger partial charge in [0, 0.05) is 10.6 Å². The molecule has 1 heterocycles. The van der Waals surface area contributed by atoms with Crippen LogP contribution >= 0.6 is 11.6 Å². The number of oxime groups is 1. The van der Waals surface area contributed by atoms with Gasteiger partial charge in [-0.15, -0.1) is 0 Å². The molecule has 5 nitrogen and oxygen atoms in total. The summed E-state index contributed by atoms with van der Waals surface area (Å²) in [6.07, 6.45) is 3.02. The summed E-state index contributed by atoms with van der Waals surface area (Å²) in [5, 5.41) is 17.3. The summed E-state index contributed by atoms with van der Waals surface area (Å²) in [6, 6.07) is 15.4. The highest BCUT2D eigenvalue weighted by atomic mass is 35.5. The van der Waals surface area contributed by atoms with Gasteiger partial charge in [-0.2, -0.15) is 5.10 Å². The number of rotatable bonds is 4. The molecule has 0 saturated heterocycles. The second-order valence-corrected chi connectivity index (χ2v) is 5.16. The third kappa shape index (κ3) is 3.15. The van der Waals surface area contributed by atoms with Crippen molar-refractivity contribution >= 4 is 17.3 Å². The van der Waals surface area contributed by atoms with E-state index in [0.29, 0.717) is 17.3 Å². The molecule has 0 spiro atoms. The molecule has 0 aliphatic heterocycles. The lowest BCUT2D eigenvalue weighted by atomic mass is 10.0. The van der Waals surface area contributed by atoms with Crippen molar-refractivity contribution in [3.05, 3.63) is 71.8 Å². The Morgan fingerprint density at radius 1 is 1.05 bits per heavy atom. The number of hydrogen-bond acceptors (Lipinski definition) is 4. The minimum Gasteiger partial charge on any atom is -0.411 e. The van der Waals surface area contributed by atoms with Crippen molar-refractivity contribution in [1.29, 1.82) is 0 Å². The smallest absolute Gasteiger partial charge is 0.137 e. The highest BCUT2D eigenvalue weighted by molar-refractivity contribution is 6.30. The van der Waals surface area contributed by atoms with Crippen LogP contribution in [0.3, 0.4) is 0 Å². The first kappa shape index (κ1) is 14.3. The van der Waals surface area contributed by atoms with E-state index >= 15 is 0 Å². The topological polar surface area (TPSA) is 63.3 Å². The lowest BCUT2D eigenvalue weighted by Crippen LogP contribution is -2.12. The quantitative estimate of drug-likeness (QED) is 0.456. The zero-order chi connectivity index (χ0) is 15.4. The molecular weight excluding hydrogens is 300 g/mol. The summed E-state index contributed by atoms with van der Waals surface area (Å²) in [4.78, 5) is 3.87. The van der Waals surface area contributed by atoms with Crippen LogP contribution in [0.4, 0.5) is 0 Å². The molecule has 0 saturated carbocycles. The fraction of sp³-hybridized carbons (Fsp3) is 0.0625. The maximum Gasteiger partial charge on any atom is 0.137 e. The third-order valence-corrected chi connectivity index (χ3v) is 3.55. The van der Waals surface area contributed by atoms with Crippen LogP contribution in [0.5, 0.6) is 0 Å². The Balaban J connectivity index is 1.82. The molecule has 3 aromatic rings. The van der Waals surface area contributed by atoms with Gasteiger partial charge in [0.15, 0.2) is 0 Å². The van der Waals surface area contributed by atoms with Crippen molar-refractivity contribution in [3.8, 4) is 11.1 Å². The lowest BCUT2D eigenvalue weighted by molar-refractivity contribution is 0.317. The van der Waals surface area contributed by atoms with Crippen LogP contribution in [0.25, 0.3) is 11.1 Å². The van der Waals surface area contributed by atoms with Gasteiger partial charge in [-0.1, -0.05) is 53.2 Å². The molecule has 6 heteroatoms. The normalized spacial score (nSPS) is 11.6. The van der Waals surface area contributed by atoms with E-state index in [2.05, 4.69) is 15.2 Å². The van der Waals surface area contributed by atoms with Crippen LogP contribution in [-0.4, -0.2) is 25.7 Å². The first-order chi connectivity index (χ1) is 10.8. The molecule has 2 aromatic carbocycles. The van der Waals surface area contributed by atoms with Gasteiger partial charge >= 0.3 is 0 Å². The Labute approximate surface area is 132 Å². The monoisotopic (exact) mass is 312 g/mol. The minimum absolute atomic E-state index is 0.358. The minimum atomic E-state index is 0.358. The molecule has 0 aliphatic carbocycles. The van der Waals surface area contributed by atoms with Crippen molar-refractivity contribution < 1.29 is 5.21 Å². The van der Waals surface area contributed by atoms with Crippen molar-refractivity contribution in [2.75, 3.05) is 0 Å². The predicted molar refractivity (Wildman–Crippen MR) is 85.2 cm³/mol. The van der Waals surface area contributed by atoms with Crippen molar-refractivity contribution in [2.45, 2.75) is 6.54 Å². The fourth-order valence-electron chi connectivity index (χ4n) is 2.15. The van der Waals surface area contributed by atoms with E-state index in [1.807, 2.05) is 48.5 Å². The number of aromatic nitrogens is 3. The summed E-state index contributed by atoms with van der Waals surface area (Å²) >= 11 is 5.90. The van der Waals surface area contributed by atoms with Gasteiger partial charge in [-0.05, 0) is 23.3 Å². The highest BCUT2D eigenvalue weighted by Crippen LogP contribution is 2.22. The fourth-order valence-corrected chi connectivity index (χ4v) is 2.27. The zero-order valence-electron chi connectivity index (χ0n) is 11.6. The molecule has 0 radical (unpaired) electrons. The maximum atomic E-state index is 9.21. The van der Waals surface area contributed by atoms with Crippen LogP contribution in [0.15, 0.2) is 66.3 Å². The van der Waals surface area contributed by atoms with Gasteiger partial charge in [0.1, 0.15) is 18.4 Å². The molecule has 0 unspecified atom stereocenters. The number of nitrogens with zero attached hydrogens (tertiary/aromatic N) is 4. The van der Waals surface area contributed by atoms with Crippen molar-refractivity contribution in [2.24, 2.45) is 5.16 Å². The SMILES string of the molecule is ON=C(Cn1cncn1)c1ccc(-c2ccc(Cl)cc2)cc1. The Morgan fingerprint density at radius 3 is 2.23 bits per heavy atom. The van der Waals surface area contributed by atoms with Crippen molar-refractivity contribution in [3.63, 3.8) is 0 Å². The van der Waals surface area contributed by atoms with E-state index in [4.69, 9.17) is 11.6 Å². The number of hydrogen-bond donors (Lipinski definition) is 1. The standard InChI is InChI=1S/C16H13ClN4O/c17-15-7-5-13(6-8-15)12-1-3-14(4-2-12)16(20-22)9-21-11-18-10-19-21/h1-8,10-11,22H,9H2. The second kappa shape index (κ2) is 6.41. The van der Waals surface area contributed by atoms with Gasteiger partial charge in [-0.3, -0.25) is 0 Å². The molecule has 1 aromatic heterocycles. The van der Waals surface area contributed by atoms with Gasteiger partial charge in [-0.25, -0.2) is 9.67 Å². The summed E-state index contributed by atoms with van der Waals surface area (Å²) in [6.45, 7) is 0.358. The highest BCUT2D eigenvalue weighted by Gasteiger charge is 2.07. The molecule has 0 aliphatic rings. The summed E-state index contributed by atoms with van der Waals surface area (Å²) in [5.74, 6) is 0. The Hall–Kier alpha value is -2.66. The van der Waals surface area contributed by atoms with E-state index < -0.39 is 0 Å². The summed E-state index contributed by atoms with van der Waals surface area (Å²) in [7, 11) is 0. The molecule has 110 valence electrons. The lowest BCUT2D eigenvalue weighted by Gasteiger charge is -2.07. The first-order valence-electron chi connectivity index (χ1n) is 6.66. The van der Waals surface area contributed by atoms with Crippen molar-refractivity contribution in [1.82, 2.24) is 14.8 Å². The van der Waals surface area contributed by atoms with E-state index in [9.17, 15) is 5.21 Å². The Kier molecular flexibility index (Phi) is 4.16. The van der Waals surface area contributed by atoms with Crippen LogP contribution in [0.2, 0.25) is 5.02 Å². The second-order valence-electron chi connectivity index (χ2n) is 4.72. The summed E-state index contributed by atoms with van der Waals surface area (Å²) in [5.41, 5.74) is 3.50. The van der Waals surface area contributed by atoms with E-state index in [1.165, 1.54) is 6.33 Å². The number of halogens is 1. The number of benzene rings is 2. The predicted octanol–water partition coefficient (Wildman–Crippen LogP) is 3.48. The molecule has 0 fully saturated rings. The molecule has 0 atom stereocenters. The van der Waals surface area contributed by atoms with Gasteiger partial charge in [0.25, 0.3) is 0 Å². The average molecular weight is 313 g/mol. The van der Waals surface area contributed by atoms with Crippen LogP contribution in [-0.2, 0) is 6.54 Å². The zero-order valence-corrected chi connectivity index (χ0v) is 12.4. The third-order valence-electron chi connectivity index (χ3n) is 3.29. The summed E-state index contributed by atoms with van der Waals surface area (Å²) < 4.78 is 1.60.